The molecule has 1 amide bonds. The number of aliphatic carboxylic acids is 1. The highest BCUT2D eigenvalue weighted by Gasteiger charge is 2.54. The third kappa shape index (κ3) is 4.36. The fourth-order valence-electron chi connectivity index (χ4n) is 8.02. The van der Waals surface area contributed by atoms with E-state index in [1.54, 1.807) is 12.1 Å². The Bertz CT molecular complexity index is 1730. The van der Waals surface area contributed by atoms with Crippen LogP contribution in [0, 0.1) is 0 Å². The van der Waals surface area contributed by atoms with E-state index in [1.807, 2.05) is 12.1 Å². The predicted molar refractivity (Wildman–Crippen MR) is 167 cm³/mol. The minimum atomic E-state index is -3.84. The lowest BCUT2D eigenvalue weighted by molar-refractivity contribution is -0.445. The fourth-order valence-corrected chi connectivity index (χ4v) is 8.55. The molecule has 0 bridgehead atoms. The average molecular weight is 621 g/mol. The molecule has 0 aromatic heterocycles. The number of anilines is 1. The Morgan fingerprint density at radius 3 is 2.52 bits per heavy atom. The van der Waals surface area contributed by atoms with Gasteiger partial charge in [-0.2, -0.15) is 4.58 Å². The number of nitrogens with one attached hydrogen (secondary N) is 1. The molecule has 11 heteroatoms. The first kappa shape index (κ1) is 29.2. The largest absolute Gasteiger partial charge is 0.480 e. The average Bonchev–Trinajstić information content (AvgIpc) is 3.33. The minimum Gasteiger partial charge on any atom is -0.480 e. The van der Waals surface area contributed by atoms with Gasteiger partial charge in [-0.05, 0) is 55.7 Å². The van der Waals surface area contributed by atoms with Gasteiger partial charge in [0.1, 0.15) is 17.4 Å². The molecular weight excluding hydrogens is 582 g/mol. The molecule has 10 nitrogen and oxygen atoms in total. The van der Waals surface area contributed by atoms with E-state index in [-0.39, 0.29) is 34.8 Å². The molecule has 5 N–H and O–H groups in total. The van der Waals surface area contributed by atoms with Gasteiger partial charge in [0.05, 0.1) is 28.9 Å². The SMILES string of the molecule is CC1(C)C2=C3C=C4C5=[N+](CCC4OC3CCN2c2ccc(CC(=O)NCC(=O)O)cc21)c1ccc(S(O)(O)O)cc1C5(C)C. The third-order valence-corrected chi connectivity index (χ3v) is 10.8. The van der Waals surface area contributed by atoms with E-state index in [0.717, 1.165) is 70.9 Å². The normalized spacial score (nSPS) is 24.4. The highest BCUT2D eigenvalue weighted by atomic mass is 32.3. The van der Waals surface area contributed by atoms with Crippen molar-refractivity contribution in [2.75, 3.05) is 24.5 Å². The third-order valence-electron chi connectivity index (χ3n) is 9.91. The molecule has 0 fully saturated rings. The quantitative estimate of drug-likeness (QED) is 0.296. The Morgan fingerprint density at radius 2 is 1.80 bits per heavy atom. The Labute approximate surface area is 257 Å². The summed E-state index contributed by atoms with van der Waals surface area (Å²) in [6.45, 7) is 9.90. The van der Waals surface area contributed by atoms with Crippen molar-refractivity contribution in [3.05, 3.63) is 76.0 Å². The molecule has 7 rings (SSSR count). The number of benzene rings is 2. The number of amides is 1. The van der Waals surface area contributed by atoms with Crippen LogP contribution in [0.1, 0.15) is 57.2 Å². The van der Waals surface area contributed by atoms with E-state index in [9.17, 15) is 23.2 Å². The summed E-state index contributed by atoms with van der Waals surface area (Å²) in [7, 11) is -3.84. The van der Waals surface area contributed by atoms with Gasteiger partial charge in [0, 0.05) is 52.5 Å². The second-order valence-corrected chi connectivity index (χ2v) is 14.9. The van der Waals surface area contributed by atoms with Gasteiger partial charge in [-0.1, -0.05) is 26.0 Å². The second kappa shape index (κ2) is 9.76. The second-order valence-electron chi connectivity index (χ2n) is 13.4. The van der Waals surface area contributed by atoms with Crippen molar-refractivity contribution in [1.82, 2.24) is 5.32 Å². The van der Waals surface area contributed by atoms with E-state index >= 15 is 0 Å². The number of hydrogen-bond donors (Lipinski definition) is 5. The van der Waals surface area contributed by atoms with E-state index in [1.165, 1.54) is 5.70 Å². The van der Waals surface area contributed by atoms with Crippen LogP contribution in [0.5, 0.6) is 0 Å². The summed E-state index contributed by atoms with van der Waals surface area (Å²) in [5, 5.41) is 11.4. The van der Waals surface area contributed by atoms with E-state index < -0.39 is 28.8 Å². The number of ether oxygens (including phenoxy) is 1. The standard InChI is InChI=1S/C33H37N3O7S/c1-32(2)22-13-18(14-28(37)34-17-29(38)39)5-7-24(22)35-11-9-26-20(30(32)35)16-21-27(43-26)10-12-36-25-8-6-19(44(40,41)42)15-23(25)33(3,4)31(21)36/h5-8,13,15-16,26-27H,9-12,14,17H2,1-4H3,(H4-,34,37,38,39,40,41,42)/p+1. The molecule has 44 heavy (non-hydrogen) atoms. The van der Waals surface area contributed by atoms with Crippen LogP contribution in [0.3, 0.4) is 0 Å². The van der Waals surface area contributed by atoms with Crippen LogP contribution in [0.4, 0.5) is 11.4 Å². The molecule has 232 valence electrons. The molecule has 2 unspecified atom stereocenters. The molecule has 0 radical (unpaired) electrons. The molecule has 2 aromatic carbocycles. The predicted octanol–water partition coefficient (Wildman–Crippen LogP) is 4.94. The summed E-state index contributed by atoms with van der Waals surface area (Å²) in [5.74, 6) is -1.40. The zero-order valence-corrected chi connectivity index (χ0v) is 26.1. The summed E-state index contributed by atoms with van der Waals surface area (Å²) >= 11 is 0. The first-order valence-corrected chi connectivity index (χ1v) is 16.5. The Morgan fingerprint density at radius 1 is 1.02 bits per heavy atom. The first-order chi connectivity index (χ1) is 20.7. The van der Waals surface area contributed by atoms with Gasteiger partial charge in [0.15, 0.2) is 12.3 Å². The van der Waals surface area contributed by atoms with Crippen LogP contribution in [-0.2, 0) is 31.6 Å². The van der Waals surface area contributed by atoms with Crippen LogP contribution < -0.4 is 10.2 Å². The first-order valence-electron chi connectivity index (χ1n) is 15.0. The van der Waals surface area contributed by atoms with E-state index in [0.29, 0.717) is 0 Å². The van der Waals surface area contributed by atoms with Crippen molar-refractivity contribution in [2.24, 2.45) is 0 Å². The van der Waals surface area contributed by atoms with Crippen LogP contribution in [0.2, 0.25) is 0 Å². The van der Waals surface area contributed by atoms with Crippen molar-refractivity contribution in [3.8, 4) is 0 Å². The van der Waals surface area contributed by atoms with Gasteiger partial charge in [0.25, 0.3) is 0 Å². The van der Waals surface area contributed by atoms with Crippen molar-refractivity contribution in [1.29, 1.82) is 0 Å². The molecule has 5 aliphatic heterocycles. The summed E-state index contributed by atoms with van der Waals surface area (Å²) in [6, 6.07) is 11.3. The molecule has 5 aliphatic rings. The lowest BCUT2D eigenvalue weighted by Crippen LogP contribution is -2.47. The Hall–Kier alpha value is -3.48. The Kier molecular flexibility index (Phi) is 6.49. The summed E-state index contributed by atoms with van der Waals surface area (Å²) in [4.78, 5) is 25.8. The van der Waals surface area contributed by atoms with Gasteiger partial charge in [-0.3, -0.25) is 9.59 Å². The molecule has 2 atom stereocenters. The van der Waals surface area contributed by atoms with Crippen LogP contribution in [-0.4, -0.2) is 72.8 Å². The van der Waals surface area contributed by atoms with Crippen molar-refractivity contribution < 1.29 is 37.7 Å². The molecule has 5 heterocycles. The summed E-state index contributed by atoms with van der Waals surface area (Å²) in [5.41, 5.74) is 8.86. The maximum Gasteiger partial charge on any atom is 0.322 e. The number of nitrogens with zero attached hydrogens (tertiary/aromatic N) is 2. The molecule has 0 aliphatic carbocycles. The zero-order valence-electron chi connectivity index (χ0n) is 25.3. The molecule has 2 aromatic rings. The topological polar surface area (TPSA) is 143 Å². The number of carboxylic acids is 1. The van der Waals surface area contributed by atoms with Crippen molar-refractivity contribution in [2.45, 2.75) is 74.9 Å². The molecule has 0 saturated carbocycles. The number of carbonyl (C=O) groups is 2. The number of fused-ring (bicyclic) bond motifs is 8. The molecule has 0 saturated heterocycles. The van der Waals surface area contributed by atoms with Crippen LogP contribution in [0.25, 0.3) is 0 Å². The van der Waals surface area contributed by atoms with E-state index in [2.05, 4.69) is 60.7 Å². The summed E-state index contributed by atoms with van der Waals surface area (Å²) < 4.78 is 39.1. The molecular formula is C33H38N3O7S+. The maximum atomic E-state index is 12.4. The number of rotatable bonds is 5. The van der Waals surface area contributed by atoms with Crippen molar-refractivity contribution in [3.63, 3.8) is 0 Å². The number of allylic oxidation sites excluding steroid dienone is 1. The van der Waals surface area contributed by atoms with Gasteiger partial charge in [-0.15, -0.1) is 0 Å². The molecule has 0 spiro atoms. The maximum absolute atomic E-state index is 12.4. The fraction of sp³-hybridized carbons (Fsp3) is 0.424. The summed E-state index contributed by atoms with van der Waals surface area (Å²) in [6.07, 6.45) is 4.06. The monoisotopic (exact) mass is 620 g/mol. The van der Waals surface area contributed by atoms with Gasteiger partial charge < -0.3 is 33.7 Å². The smallest absolute Gasteiger partial charge is 0.322 e. The van der Waals surface area contributed by atoms with Crippen molar-refractivity contribution >= 4 is 39.8 Å². The Balaban J connectivity index is 1.29. The highest BCUT2D eigenvalue weighted by molar-refractivity contribution is 8.19. The van der Waals surface area contributed by atoms with E-state index in [4.69, 9.17) is 9.84 Å². The van der Waals surface area contributed by atoms with Crippen LogP contribution in [0.15, 0.2) is 64.2 Å². The number of carbonyl (C=O) groups excluding carboxylic acids is 1. The highest BCUT2D eigenvalue weighted by Crippen LogP contribution is 2.55. The van der Waals surface area contributed by atoms with Gasteiger partial charge in [0.2, 0.25) is 11.6 Å². The van der Waals surface area contributed by atoms with Crippen LogP contribution >= 0.6 is 10.9 Å². The van der Waals surface area contributed by atoms with Gasteiger partial charge in [-0.25, -0.2) is 0 Å². The lowest BCUT2D eigenvalue weighted by Gasteiger charge is -2.42. The lowest BCUT2D eigenvalue weighted by atomic mass is 9.74. The number of carboxylic acid groups (broad SMARTS) is 1. The number of hydrogen-bond acceptors (Lipinski definition) is 7. The minimum absolute atomic E-state index is 0.0297. The zero-order chi connectivity index (χ0) is 31.3. The van der Waals surface area contributed by atoms with Gasteiger partial charge >= 0.3 is 5.97 Å².